The zero-order valence-corrected chi connectivity index (χ0v) is 22.2. The van der Waals surface area contributed by atoms with Gasteiger partial charge in [-0.3, -0.25) is 0 Å². The van der Waals surface area contributed by atoms with Crippen LogP contribution in [0, 0.1) is 5.82 Å². The monoisotopic (exact) mass is 543 g/mol. The van der Waals surface area contributed by atoms with Gasteiger partial charge in [-0.15, -0.1) is 0 Å². The molecule has 1 N–H and O–H groups in total. The number of aliphatic carboxylic acids is 1. The van der Waals surface area contributed by atoms with Gasteiger partial charge in [0.25, 0.3) is 0 Å². The molecule has 4 rings (SSSR count). The summed E-state index contributed by atoms with van der Waals surface area (Å²) < 4.78 is 29.5. The highest BCUT2D eigenvalue weighted by Crippen LogP contribution is 2.23. The molecule has 0 spiro atoms. The van der Waals surface area contributed by atoms with E-state index in [1.165, 1.54) is 24.3 Å². The Morgan fingerprint density at radius 2 is 1.38 bits per heavy atom. The van der Waals surface area contributed by atoms with Crippen LogP contribution in [0.1, 0.15) is 18.1 Å². The topological polar surface area (TPSA) is 86.6 Å². The summed E-state index contributed by atoms with van der Waals surface area (Å²) in [6.45, 7) is 2.43. The molecule has 0 saturated carbocycles. The molecule has 4 aromatic rings. The molecule has 0 aliphatic rings. The van der Waals surface area contributed by atoms with Crippen molar-refractivity contribution in [2.75, 3.05) is 20.3 Å². The fraction of sp³-hybridized carbons (Fsp3) is 0.188. The van der Waals surface area contributed by atoms with Gasteiger partial charge >= 0.3 is 5.97 Å². The number of methoxy groups -OCH3 is 1. The first-order chi connectivity index (χ1) is 19.4. The van der Waals surface area contributed by atoms with E-state index in [9.17, 15) is 14.3 Å². The van der Waals surface area contributed by atoms with Crippen molar-refractivity contribution in [3.8, 4) is 28.4 Å². The van der Waals surface area contributed by atoms with E-state index >= 15 is 0 Å². The number of carboxylic acid groups (broad SMARTS) is 1. The molecule has 0 aliphatic heterocycles. The molecule has 8 heteroatoms. The fourth-order valence-electron chi connectivity index (χ4n) is 3.87. The largest absolute Gasteiger partial charge is 0.497 e. The summed E-state index contributed by atoms with van der Waals surface area (Å²) in [5, 5.41) is 13.7. The number of carbonyl (C=O) groups is 1. The van der Waals surface area contributed by atoms with E-state index < -0.39 is 17.9 Å². The second kappa shape index (κ2) is 13.8. The molecule has 0 fully saturated rings. The van der Waals surface area contributed by atoms with Gasteiger partial charge in [-0.2, -0.15) is 0 Å². The number of oxime groups is 1. The maximum atomic E-state index is 13.1. The minimum absolute atomic E-state index is 0.144. The lowest BCUT2D eigenvalue weighted by molar-refractivity contribution is -0.145. The number of halogens is 1. The molecular formula is C32H30FNO6. The summed E-state index contributed by atoms with van der Waals surface area (Å²) in [6.07, 6.45) is -0.962. The van der Waals surface area contributed by atoms with Crippen LogP contribution in [-0.4, -0.2) is 43.2 Å². The lowest BCUT2D eigenvalue weighted by Crippen LogP contribution is -2.29. The van der Waals surface area contributed by atoms with E-state index in [1.807, 2.05) is 55.5 Å². The van der Waals surface area contributed by atoms with Crippen molar-refractivity contribution in [2.24, 2.45) is 5.16 Å². The Bertz CT molecular complexity index is 1400. The second-order valence-corrected chi connectivity index (χ2v) is 8.91. The molecule has 0 bridgehead atoms. The Balaban J connectivity index is 1.21. The minimum Gasteiger partial charge on any atom is -0.497 e. The van der Waals surface area contributed by atoms with Crippen molar-refractivity contribution in [3.63, 3.8) is 0 Å². The summed E-state index contributed by atoms with van der Waals surface area (Å²) in [7, 11) is 1.65. The smallest absolute Gasteiger partial charge is 0.345 e. The fourth-order valence-corrected chi connectivity index (χ4v) is 3.87. The molecule has 0 radical (unpaired) electrons. The maximum absolute atomic E-state index is 13.1. The zero-order valence-electron chi connectivity index (χ0n) is 22.2. The number of nitrogens with zero attached hydrogens (tertiary/aromatic N) is 1. The molecule has 0 heterocycles. The zero-order chi connectivity index (χ0) is 28.3. The van der Waals surface area contributed by atoms with Gasteiger partial charge in [-0.05, 0) is 77.7 Å². The third-order valence-corrected chi connectivity index (χ3v) is 6.08. The third-order valence-electron chi connectivity index (χ3n) is 6.08. The number of rotatable bonds is 13. The average molecular weight is 544 g/mol. The summed E-state index contributed by atoms with van der Waals surface area (Å²) >= 11 is 0. The minimum atomic E-state index is -1.11. The second-order valence-electron chi connectivity index (χ2n) is 8.91. The first kappa shape index (κ1) is 28.2. The Morgan fingerprint density at radius 1 is 0.800 bits per heavy atom. The molecule has 4 aromatic carbocycles. The molecule has 206 valence electrons. The van der Waals surface area contributed by atoms with Crippen LogP contribution < -0.4 is 14.2 Å². The first-order valence-electron chi connectivity index (χ1n) is 12.7. The van der Waals surface area contributed by atoms with E-state index in [2.05, 4.69) is 5.16 Å². The summed E-state index contributed by atoms with van der Waals surface area (Å²) in [4.78, 5) is 17.0. The average Bonchev–Trinajstić information content (AvgIpc) is 2.98. The highest BCUT2D eigenvalue weighted by atomic mass is 19.1. The third kappa shape index (κ3) is 8.07. The Kier molecular flexibility index (Phi) is 9.72. The van der Waals surface area contributed by atoms with Crippen LogP contribution in [0.5, 0.6) is 17.2 Å². The Hall–Kier alpha value is -4.85. The van der Waals surface area contributed by atoms with Crippen molar-refractivity contribution in [1.82, 2.24) is 0 Å². The normalized spacial score (nSPS) is 11.9. The number of hydrogen-bond acceptors (Lipinski definition) is 6. The predicted octanol–water partition coefficient (Wildman–Crippen LogP) is 6.40. The van der Waals surface area contributed by atoms with Gasteiger partial charge < -0.3 is 24.2 Å². The van der Waals surface area contributed by atoms with Crippen LogP contribution in [0.15, 0.2) is 102 Å². The van der Waals surface area contributed by atoms with Crippen molar-refractivity contribution < 1.29 is 33.3 Å². The molecule has 0 saturated heterocycles. The highest BCUT2D eigenvalue weighted by Gasteiger charge is 2.20. The van der Waals surface area contributed by atoms with Crippen molar-refractivity contribution in [3.05, 3.63) is 114 Å². The Morgan fingerprint density at radius 3 is 1.98 bits per heavy atom. The van der Waals surface area contributed by atoms with E-state index in [0.29, 0.717) is 5.75 Å². The molecule has 7 nitrogen and oxygen atoms in total. The van der Waals surface area contributed by atoms with Crippen molar-refractivity contribution in [1.29, 1.82) is 0 Å². The van der Waals surface area contributed by atoms with Crippen LogP contribution in [-0.2, 0) is 16.1 Å². The van der Waals surface area contributed by atoms with Gasteiger partial charge in [-0.1, -0.05) is 53.7 Å². The van der Waals surface area contributed by atoms with Crippen molar-refractivity contribution >= 4 is 11.7 Å². The lowest BCUT2D eigenvalue weighted by Gasteiger charge is -2.15. The predicted molar refractivity (Wildman–Crippen MR) is 151 cm³/mol. The van der Waals surface area contributed by atoms with E-state index in [1.54, 1.807) is 31.4 Å². The van der Waals surface area contributed by atoms with Gasteiger partial charge in [0, 0.05) is 6.42 Å². The summed E-state index contributed by atoms with van der Waals surface area (Å²) in [6, 6.07) is 28.3. The number of carboxylic acids is 1. The van der Waals surface area contributed by atoms with E-state index in [-0.39, 0.29) is 25.4 Å². The quantitative estimate of drug-likeness (QED) is 0.119. The number of benzene rings is 4. The van der Waals surface area contributed by atoms with Crippen LogP contribution in [0.4, 0.5) is 4.39 Å². The standard InChI is InChI=1S/C32H30FNO6/c1-22(24-5-7-25(8-6-24)26-9-15-28(37-2)16-10-26)34-39-20-19-38-29-13-3-23(4-14-29)21-31(32(35)36)40-30-17-11-27(33)12-18-30/h3-18,31H,19-21H2,1-2H3,(H,35,36)/b34-22-/t31-/m0/s1. The molecule has 0 aliphatic carbocycles. The molecular weight excluding hydrogens is 513 g/mol. The van der Waals surface area contributed by atoms with Gasteiger partial charge in [0.15, 0.2) is 12.7 Å². The molecule has 1 atom stereocenters. The highest BCUT2D eigenvalue weighted by molar-refractivity contribution is 5.98. The van der Waals surface area contributed by atoms with Crippen LogP contribution in [0.2, 0.25) is 0 Å². The van der Waals surface area contributed by atoms with Gasteiger partial charge in [0.1, 0.15) is 29.7 Å². The summed E-state index contributed by atoms with van der Waals surface area (Å²) in [5.74, 6) is 0.204. The molecule has 0 aromatic heterocycles. The first-order valence-corrected chi connectivity index (χ1v) is 12.7. The van der Waals surface area contributed by atoms with Crippen LogP contribution in [0.3, 0.4) is 0 Å². The van der Waals surface area contributed by atoms with Crippen LogP contribution >= 0.6 is 0 Å². The summed E-state index contributed by atoms with van der Waals surface area (Å²) in [5.41, 5.74) is 4.66. The molecule has 0 amide bonds. The molecule has 40 heavy (non-hydrogen) atoms. The van der Waals surface area contributed by atoms with Crippen molar-refractivity contribution in [2.45, 2.75) is 19.4 Å². The number of hydrogen-bond donors (Lipinski definition) is 1. The maximum Gasteiger partial charge on any atom is 0.345 e. The van der Waals surface area contributed by atoms with E-state index in [0.717, 1.165) is 33.7 Å². The number of ether oxygens (including phenoxy) is 3. The van der Waals surface area contributed by atoms with Gasteiger partial charge in [0.2, 0.25) is 0 Å². The van der Waals surface area contributed by atoms with Gasteiger partial charge in [-0.25, -0.2) is 9.18 Å². The SMILES string of the molecule is COc1ccc(-c2ccc(/C(C)=N\OCCOc3ccc(C[C@H](Oc4ccc(F)cc4)C(=O)O)cc3)cc2)cc1. The molecule has 0 unspecified atom stereocenters. The van der Waals surface area contributed by atoms with Gasteiger partial charge in [0.05, 0.1) is 12.8 Å². The Labute approximate surface area is 232 Å². The van der Waals surface area contributed by atoms with Crippen LogP contribution in [0.25, 0.3) is 11.1 Å². The van der Waals surface area contributed by atoms with E-state index in [4.69, 9.17) is 19.0 Å². The lowest BCUT2D eigenvalue weighted by atomic mass is 10.0.